The largest absolute Gasteiger partial charge is 0.399 e. The fraction of sp³-hybridized carbons (Fsp3) is 0.133. The normalized spacial score (nSPS) is 10.7. The molecule has 0 fully saturated rings. The minimum atomic E-state index is 0.593. The molecule has 0 bridgehead atoms. The second-order valence-corrected chi connectivity index (χ2v) is 5.04. The van der Waals surface area contributed by atoms with Crippen LogP contribution in [0.1, 0.15) is 11.1 Å². The molecular weight excluding hydrogens is 264 g/mol. The van der Waals surface area contributed by atoms with Gasteiger partial charge in [0.25, 0.3) is 0 Å². The Bertz CT molecular complexity index is 757. The number of anilines is 2. The van der Waals surface area contributed by atoms with Crippen LogP contribution in [-0.2, 0) is 6.54 Å². The molecule has 21 heavy (non-hydrogen) atoms. The number of nitrogen functional groups attached to an aromatic ring is 2. The van der Waals surface area contributed by atoms with E-state index in [1.165, 1.54) is 5.56 Å². The van der Waals surface area contributed by atoms with Crippen molar-refractivity contribution in [1.29, 1.82) is 0 Å². The van der Waals surface area contributed by atoms with Gasteiger partial charge in [-0.05, 0) is 41.1 Å². The average Bonchev–Trinajstić information content (AvgIpc) is 2.85. The van der Waals surface area contributed by atoms with Crippen LogP contribution in [0.5, 0.6) is 0 Å². The van der Waals surface area contributed by atoms with E-state index in [1.807, 2.05) is 24.3 Å². The minimum absolute atomic E-state index is 0.593. The second kappa shape index (κ2) is 5.24. The smallest absolute Gasteiger partial charge is 0.182 e. The lowest BCUT2D eigenvalue weighted by Gasteiger charge is -2.07. The number of aromatic nitrogens is 4. The lowest BCUT2D eigenvalue weighted by molar-refractivity contribution is 0.653. The van der Waals surface area contributed by atoms with Crippen LogP contribution >= 0.6 is 0 Å². The third kappa shape index (κ3) is 2.84. The van der Waals surface area contributed by atoms with Gasteiger partial charge in [0.1, 0.15) is 0 Å². The second-order valence-electron chi connectivity index (χ2n) is 5.04. The summed E-state index contributed by atoms with van der Waals surface area (Å²) < 4.78 is 1.74. The van der Waals surface area contributed by atoms with Crippen molar-refractivity contribution in [3.8, 4) is 11.4 Å². The summed E-state index contributed by atoms with van der Waals surface area (Å²) in [7, 11) is 0. The summed E-state index contributed by atoms with van der Waals surface area (Å²) in [5.41, 5.74) is 16.0. The number of hydrogen-bond acceptors (Lipinski definition) is 5. The zero-order valence-electron chi connectivity index (χ0n) is 11.7. The predicted octanol–water partition coefficient (Wildman–Crippen LogP) is 1.86. The van der Waals surface area contributed by atoms with E-state index < -0.39 is 0 Å². The molecular formula is C15H16N6. The Labute approximate surface area is 122 Å². The molecule has 106 valence electrons. The Hall–Kier alpha value is -2.89. The third-order valence-corrected chi connectivity index (χ3v) is 3.18. The molecule has 6 nitrogen and oxygen atoms in total. The number of nitrogens with two attached hydrogens (primary N) is 2. The van der Waals surface area contributed by atoms with Gasteiger partial charge in [-0.3, -0.25) is 0 Å². The molecule has 0 aliphatic heterocycles. The van der Waals surface area contributed by atoms with Crippen LogP contribution in [0.15, 0.2) is 42.5 Å². The van der Waals surface area contributed by atoms with E-state index in [-0.39, 0.29) is 0 Å². The standard InChI is InChI=1S/C15H16N6/c1-10-3-2-4-11(5-10)9-21-15(18-19-20-21)12-6-13(16)8-14(17)7-12/h2-8H,9,16-17H2,1H3. The number of hydrogen-bond donors (Lipinski definition) is 2. The van der Waals surface area contributed by atoms with Crippen LogP contribution in [0.3, 0.4) is 0 Å². The molecule has 0 saturated carbocycles. The predicted molar refractivity (Wildman–Crippen MR) is 82.4 cm³/mol. The first-order chi connectivity index (χ1) is 10.1. The summed E-state index contributed by atoms with van der Waals surface area (Å²) in [5, 5.41) is 11.9. The van der Waals surface area contributed by atoms with Crippen molar-refractivity contribution in [2.24, 2.45) is 0 Å². The highest BCUT2D eigenvalue weighted by atomic mass is 15.5. The molecule has 3 rings (SSSR count). The first-order valence-electron chi connectivity index (χ1n) is 6.60. The summed E-state index contributed by atoms with van der Waals surface area (Å²) in [6.45, 7) is 2.65. The highest BCUT2D eigenvalue weighted by Gasteiger charge is 2.10. The fourth-order valence-electron chi connectivity index (χ4n) is 2.31. The van der Waals surface area contributed by atoms with E-state index in [0.717, 1.165) is 11.1 Å². The maximum absolute atomic E-state index is 5.83. The van der Waals surface area contributed by atoms with E-state index in [9.17, 15) is 0 Å². The van der Waals surface area contributed by atoms with Gasteiger partial charge in [-0.15, -0.1) is 5.10 Å². The van der Waals surface area contributed by atoms with Gasteiger partial charge in [-0.25, -0.2) is 4.68 Å². The highest BCUT2D eigenvalue weighted by Crippen LogP contribution is 2.23. The quantitative estimate of drug-likeness (QED) is 0.714. The number of benzene rings is 2. The van der Waals surface area contributed by atoms with Crippen LogP contribution in [0, 0.1) is 6.92 Å². The van der Waals surface area contributed by atoms with Crippen molar-refractivity contribution in [2.75, 3.05) is 11.5 Å². The molecule has 0 atom stereocenters. The van der Waals surface area contributed by atoms with E-state index in [4.69, 9.17) is 11.5 Å². The zero-order chi connectivity index (χ0) is 14.8. The van der Waals surface area contributed by atoms with Gasteiger partial charge in [-0.2, -0.15) is 0 Å². The molecule has 1 heterocycles. The Morgan fingerprint density at radius 3 is 2.52 bits per heavy atom. The Kier molecular flexibility index (Phi) is 3.27. The number of aryl methyl sites for hydroxylation is 1. The van der Waals surface area contributed by atoms with Crippen molar-refractivity contribution < 1.29 is 0 Å². The topological polar surface area (TPSA) is 95.6 Å². The van der Waals surface area contributed by atoms with Crippen molar-refractivity contribution >= 4 is 11.4 Å². The zero-order valence-corrected chi connectivity index (χ0v) is 11.7. The molecule has 0 spiro atoms. The first kappa shape index (κ1) is 13.1. The fourth-order valence-corrected chi connectivity index (χ4v) is 2.31. The van der Waals surface area contributed by atoms with Crippen molar-refractivity contribution in [1.82, 2.24) is 20.2 Å². The summed E-state index contributed by atoms with van der Waals surface area (Å²) in [6.07, 6.45) is 0. The van der Waals surface area contributed by atoms with E-state index in [0.29, 0.717) is 23.7 Å². The lowest BCUT2D eigenvalue weighted by Crippen LogP contribution is -2.05. The molecule has 2 aromatic carbocycles. The van der Waals surface area contributed by atoms with Crippen LogP contribution in [0.2, 0.25) is 0 Å². The Morgan fingerprint density at radius 1 is 1.05 bits per heavy atom. The number of tetrazole rings is 1. The SMILES string of the molecule is Cc1cccc(Cn2nnnc2-c2cc(N)cc(N)c2)c1. The van der Waals surface area contributed by atoms with Crippen molar-refractivity contribution in [3.63, 3.8) is 0 Å². The van der Waals surface area contributed by atoms with E-state index in [1.54, 1.807) is 10.7 Å². The van der Waals surface area contributed by atoms with E-state index >= 15 is 0 Å². The maximum atomic E-state index is 5.83. The average molecular weight is 280 g/mol. The third-order valence-electron chi connectivity index (χ3n) is 3.18. The molecule has 6 heteroatoms. The molecule has 0 unspecified atom stereocenters. The molecule has 0 aliphatic carbocycles. The summed E-state index contributed by atoms with van der Waals surface area (Å²) in [5.74, 6) is 0.649. The van der Waals surface area contributed by atoms with Crippen molar-refractivity contribution in [3.05, 3.63) is 53.6 Å². The monoisotopic (exact) mass is 280 g/mol. The molecule has 0 aliphatic rings. The van der Waals surface area contributed by atoms with Gasteiger partial charge in [-0.1, -0.05) is 29.8 Å². The molecule has 4 N–H and O–H groups in total. The highest BCUT2D eigenvalue weighted by molar-refractivity contribution is 5.67. The minimum Gasteiger partial charge on any atom is -0.399 e. The van der Waals surface area contributed by atoms with Gasteiger partial charge >= 0.3 is 0 Å². The van der Waals surface area contributed by atoms with E-state index in [2.05, 4.69) is 34.6 Å². The number of nitrogens with zero attached hydrogens (tertiary/aromatic N) is 4. The molecule has 0 radical (unpaired) electrons. The van der Waals surface area contributed by atoms with Crippen LogP contribution in [0.4, 0.5) is 11.4 Å². The first-order valence-corrected chi connectivity index (χ1v) is 6.60. The molecule has 0 amide bonds. The van der Waals surface area contributed by atoms with Crippen LogP contribution in [0.25, 0.3) is 11.4 Å². The Morgan fingerprint density at radius 2 is 1.81 bits per heavy atom. The summed E-state index contributed by atoms with van der Waals surface area (Å²) >= 11 is 0. The number of rotatable bonds is 3. The summed E-state index contributed by atoms with van der Waals surface area (Å²) in [4.78, 5) is 0. The Balaban J connectivity index is 1.97. The van der Waals surface area contributed by atoms with Gasteiger partial charge in [0.05, 0.1) is 6.54 Å². The molecule has 3 aromatic rings. The van der Waals surface area contributed by atoms with Crippen LogP contribution < -0.4 is 11.5 Å². The summed E-state index contributed by atoms with van der Waals surface area (Å²) in [6, 6.07) is 13.6. The van der Waals surface area contributed by atoms with Gasteiger partial charge in [0.15, 0.2) is 5.82 Å². The molecule has 1 aromatic heterocycles. The van der Waals surface area contributed by atoms with Crippen molar-refractivity contribution in [2.45, 2.75) is 13.5 Å². The van der Waals surface area contributed by atoms with Gasteiger partial charge in [0.2, 0.25) is 0 Å². The van der Waals surface area contributed by atoms with Crippen LogP contribution in [-0.4, -0.2) is 20.2 Å². The van der Waals surface area contributed by atoms with Gasteiger partial charge < -0.3 is 11.5 Å². The van der Waals surface area contributed by atoms with Gasteiger partial charge in [0, 0.05) is 16.9 Å². The molecule has 0 saturated heterocycles. The lowest BCUT2D eigenvalue weighted by atomic mass is 10.1. The maximum Gasteiger partial charge on any atom is 0.182 e.